The highest BCUT2D eigenvalue weighted by molar-refractivity contribution is 6.34. The van der Waals surface area contributed by atoms with Gasteiger partial charge in [-0.15, -0.1) is 0 Å². The van der Waals surface area contributed by atoms with Crippen LogP contribution in [0.1, 0.15) is 45.1 Å². The monoisotopic (exact) mass is 569 g/mol. The molecule has 0 radical (unpaired) electrons. The van der Waals surface area contributed by atoms with Crippen molar-refractivity contribution < 1.29 is 33.6 Å². The number of amides is 1. The molecule has 1 amide bonds. The van der Waals surface area contributed by atoms with Crippen molar-refractivity contribution in [1.29, 1.82) is 0 Å². The average Bonchev–Trinajstić information content (AvgIpc) is 2.87. The van der Waals surface area contributed by atoms with Crippen molar-refractivity contribution in [2.24, 2.45) is 0 Å². The lowest BCUT2D eigenvalue weighted by atomic mass is 10.1. The van der Waals surface area contributed by atoms with Gasteiger partial charge in [0.05, 0.1) is 19.8 Å². The Morgan fingerprint density at radius 3 is 2.18 bits per heavy atom. The molecule has 0 aliphatic carbocycles. The quantitative estimate of drug-likeness (QED) is 0.205. The van der Waals surface area contributed by atoms with Crippen LogP contribution in [0.15, 0.2) is 42.5 Å². The molecule has 2 rings (SSSR count). The summed E-state index contributed by atoms with van der Waals surface area (Å²) in [4.78, 5) is 25.5. The summed E-state index contributed by atoms with van der Waals surface area (Å²) in [5.41, 5.74) is 0.835. The maximum Gasteiger partial charge on any atom is 0.409 e. The summed E-state index contributed by atoms with van der Waals surface area (Å²) in [6.07, 6.45) is 2.22. The number of carbonyl (C=O) groups excluding carboxylic acids is 1. The number of hydrogen-bond acceptors (Lipinski definition) is 6. The first-order chi connectivity index (χ1) is 18.3. The van der Waals surface area contributed by atoms with Gasteiger partial charge >= 0.3 is 12.1 Å². The summed E-state index contributed by atoms with van der Waals surface area (Å²) >= 11 is 12.0. The molecule has 0 saturated carbocycles. The summed E-state index contributed by atoms with van der Waals surface area (Å²) in [6.45, 7) is 6.13. The maximum absolute atomic E-state index is 12.6. The summed E-state index contributed by atoms with van der Waals surface area (Å²) in [7, 11) is 0. The lowest BCUT2D eigenvalue weighted by molar-refractivity contribution is -0.149. The number of aliphatic carboxylic acids is 1. The van der Waals surface area contributed by atoms with E-state index in [0.29, 0.717) is 54.5 Å². The van der Waals surface area contributed by atoms with Gasteiger partial charge in [0, 0.05) is 29.6 Å². The second kappa shape index (κ2) is 17.8. The van der Waals surface area contributed by atoms with E-state index >= 15 is 0 Å². The highest BCUT2D eigenvalue weighted by Crippen LogP contribution is 2.24. The van der Waals surface area contributed by atoms with Crippen LogP contribution in [0.4, 0.5) is 4.79 Å². The minimum Gasteiger partial charge on any atom is -0.493 e. The average molecular weight is 571 g/mol. The Labute approximate surface area is 234 Å². The Morgan fingerprint density at radius 1 is 0.868 bits per heavy atom. The van der Waals surface area contributed by atoms with Crippen molar-refractivity contribution in [3.8, 4) is 11.5 Å². The third kappa shape index (κ3) is 12.2. The lowest BCUT2D eigenvalue weighted by Crippen LogP contribution is -2.36. The predicted molar refractivity (Wildman–Crippen MR) is 148 cm³/mol. The summed E-state index contributed by atoms with van der Waals surface area (Å²) in [6, 6.07) is 12.2. The fourth-order valence-corrected chi connectivity index (χ4v) is 4.03. The highest BCUT2D eigenvalue weighted by Gasteiger charge is 2.18. The van der Waals surface area contributed by atoms with Crippen LogP contribution < -0.4 is 9.47 Å². The predicted octanol–water partition coefficient (Wildman–Crippen LogP) is 6.50. The topological polar surface area (TPSA) is 94.5 Å². The Morgan fingerprint density at radius 2 is 1.55 bits per heavy atom. The molecule has 8 nitrogen and oxygen atoms in total. The Kier molecular flexibility index (Phi) is 14.7. The number of benzene rings is 2. The van der Waals surface area contributed by atoms with Gasteiger partial charge in [0.25, 0.3) is 0 Å². The van der Waals surface area contributed by atoms with Crippen molar-refractivity contribution in [2.75, 3.05) is 39.5 Å². The largest absolute Gasteiger partial charge is 0.493 e. The van der Waals surface area contributed by atoms with Gasteiger partial charge < -0.3 is 29.0 Å². The van der Waals surface area contributed by atoms with Crippen LogP contribution in [0, 0.1) is 0 Å². The first kappa shape index (κ1) is 31.5. The molecular weight excluding hydrogens is 533 g/mol. The van der Waals surface area contributed by atoms with Crippen LogP contribution in [0.5, 0.6) is 11.5 Å². The molecule has 1 unspecified atom stereocenters. The number of hydrogen-bond donors (Lipinski definition) is 1. The van der Waals surface area contributed by atoms with Gasteiger partial charge in [-0.25, -0.2) is 9.59 Å². The molecule has 0 fully saturated rings. The molecule has 1 N–H and O–H groups in total. The number of halogens is 2. The number of carboxylic acid groups (broad SMARTS) is 1. The number of carbonyl (C=O) groups is 2. The van der Waals surface area contributed by atoms with Crippen molar-refractivity contribution in [3.05, 3.63) is 58.1 Å². The van der Waals surface area contributed by atoms with E-state index in [1.807, 2.05) is 19.1 Å². The minimum absolute atomic E-state index is 0.273. The Hall–Kier alpha value is -2.68. The molecule has 0 aromatic heterocycles. The second-order valence-electron chi connectivity index (χ2n) is 8.59. The zero-order chi connectivity index (χ0) is 27.8. The fraction of sp³-hybridized carbons (Fsp3) is 0.500. The van der Waals surface area contributed by atoms with Crippen molar-refractivity contribution >= 4 is 35.3 Å². The van der Waals surface area contributed by atoms with Gasteiger partial charge in [-0.3, -0.25) is 0 Å². The first-order valence-corrected chi connectivity index (χ1v) is 13.6. The van der Waals surface area contributed by atoms with Gasteiger partial charge in [0.2, 0.25) is 0 Å². The lowest BCUT2D eigenvalue weighted by Gasteiger charge is -2.22. The maximum atomic E-state index is 12.6. The molecule has 2 aromatic carbocycles. The fourth-order valence-electron chi connectivity index (χ4n) is 3.52. The molecule has 1 atom stereocenters. The molecule has 0 aliphatic rings. The van der Waals surface area contributed by atoms with Crippen LogP contribution in [0.2, 0.25) is 10.0 Å². The van der Waals surface area contributed by atoms with Crippen LogP contribution in [-0.4, -0.2) is 67.7 Å². The highest BCUT2D eigenvalue weighted by atomic mass is 35.5. The SMILES string of the molecule is CCCCOC(=O)N(CCCCOc1cc(Cl)cc(Cl)c1)CCOc1ccc(CC(OCC)C(=O)O)cc1. The first-order valence-electron chi connectivity index (χ1n) is 12.9. The van der Waals surface area contributed by atoms with Gasteiger partial charge in [0.1, 0.15) is 18.1 Å². The normalized spacial score (nSPS) is 11.6. The summed E-state index contributed by atoms with van der Waals surface area (Å²) < 4.78 is 22.2. The molecule has 0 aliphatic heterocycles. The van der Waals surface area contributed by atoms with E-state index < -0.39 is 12.1 Å². The Bertz CT molecular complexity index is 967. The molecule has 0 spiro atoms. The molecule has 0 heterocycles. The van der Waals surface area contributed by atoms with Crippen LogP contribution >= 0.6 is 23.2 Å². The molecule has 10 heteroatoms. The molecule has 0 saturated heterocycles. The molecule has 38 heavy (non-hydrogen) atoms. The van der Waals surface area contributed by atoms with E-state index in [4.69, 9.17) is 42.1 Å². The number of rotatable bonds is 18. The van der Waals surface area contributed by atoms with E-state index in [-0.39, 0.29) is 19.1 Å². The van der Waals surface area contributed by atoms with Crippen molar-refractivity contribution in [1.82, 2.24) is 4.90 Å². The third-order valence-corrected chi connectivity index (χ3v) is 5.96. The second-order valence-corrected chi connectivity index (χ2v) is 9.47. The third-order valence-electron chi connectivity index (χ3n) is 5.53. The van der Waals surface area contributed by atoms with Gasteiger partial charge in [0.15, 0.2) is 6.10 Å². The smallest absolute Gasteiger partial charge is 0.409 e. The molecule has 2 aromatic rings. The van der Waals surface area contributed by atoms with Crippen LogP contribution in [0.3, 0.4) is 0 Å². The van der Waals surface area contributed by atoms with Crippen molar-refractivity contribution in [3.63, 3.8) is 0 Å². The zero-order valence-corrected chi connectivity index (χ0v) is 23.5. The summed E-state index contributed by atoms with van der Waals surface area (Å²) in [5, 5.41) is 10.3. The van der Waals surface area contributed by atoms with E-state index in [0.717, 1.165) is 31.2 Å². The minimum atomic E-state index is -0.987. The zero-order valence-electron chi connectivity index (χ0n) is 22.0. The van der Waals surface area contributed by atoms with Gasteiger partial charge in [-0.05, 0) is 62.1 Å². The standard InChI is InChI=1S/C28H37Cl2NO7/c1-3-5-14-38-28(34)31(12-6-7-15-36-25-19-22(29)18-23(30)20-25)13-16-37-24-10-8-21(9-11-24)17-26(27(32)33)35-4-2/h8-11,18-20,26H,3-7,12-17H2,1-2H3,(H,32,33). The van der Waals surface area contributed by atoms with Gasteiger partial charge in [-0.1, -0.05) is 48.7 Å². The Balaban J connectivity index is 1.82. The van der Waals surface area contributed by atoms with Crippen LogP contribution in [0.25, 0.3) is 0 Å². The van der Waals surface area contributed by atoms with E-state index in [2.05, 4.69) is 0 Å². The van der Waals surface area contributed by atoms with E-state index in [1.54, 1.807) is 42.2 Å². The number of ether oxygens (including phenoxy) is 4. The summed E-state index contributed by atoms with van der Waals surface area (Å²) in [5.74, 6) is 0.248. The van der Waals surface area contributed by atoms with E-state index in [9.17, 15) is 14.7 Å². The molecular formula is C28H37Cl2NO7. The number of nitrogens with zero attached hydrogens (tertiary/aromatic N) is 1. The number of unbranched alkanes of at least 4 members (excludes halogenated alkanes) is 2. The van der Waals surface area contributed by atoms with Crippen molar-refractivity contribution in [2.45, 2.75) is 52.1 Å². The molecule has 0 bridgehead atoms. The van der Waals surface area contributed by atoms with Gasteiger partial charge in [-0.2, -0.15) is 0 Å². The number of carboxylic acids is 1. The molecule has 210 valence electrons. The van der Waals surface area contributed by atoms with E-state index in [1.165, 1.54) is 0 Å². The van der Waals surface area contributed by atoms with Crippen LogP contribution in [-0.2, 0) is 20.7 Å².